The van der Waals surface area contributed by atoms with Gasteiger partial charge in [0, 0.05) is 19.4 Å². The predicted molar refractivity (Wildman–Crippen MR) is 78.0 cm³/mol. The van der Waals surface area contributed by atoms with Crippen molar-refractivity contribution < 1.29 is 19.1 Å². The molecule has 116 valence electrons. The van der Waals surface area contributed by atoms with Crippen LogP contribution in [0.2, 0.25) is 0 Å². The summed E-state index contributed by atoms with van der Waals surface area (Å²) >= 11 is 0. The Labute approximate surface area is 129 Å². The minimum Gasteiger partial charge on any atom is -0.484 e. The molecule has 0 spiro atoms. The number of benzene rings is 1. The van der Waals surface area contributed by atoms with E-state index in [1.54, 1.807) is 32.0 Å². The zero-order valence-electron chi connectivity index (χ0n) is 13.0. The number of carbonyl (C=O) groups is 2. The van der Waals surface area contributed by atoms with Crippen LogP contribution < -0.4 is 10.1 Å². The molecule has 6 heteroatoms. The van der Waals surface area contributed by atoms with E-state index in [1.165, 1.54) is 13.8 Å². The number of ether oxygens (including phenoxy) is 2. The zero-order valence-corrected chi connectivity index (χ0v) is 13.0. The molecule has 22 heavy (non-hydrogen) atoms. The minimum atomic E-state index is -0.819. The first-order valence-electron chi connectivity index (χ1n) is 6.92. The van der Waals surface area contributed by atoms with E-state index < -0.39 is 23.7 Å². The molecule has 0 saturated carbocycles. The Morgan fingerprint density at radius 3 is 2.59 bits per heavy atom. The number of nitriles is 1. The van der Waals surface area contributed by atoms with Crippen LogP contribution in [0.1, 0.15) is 44.9 Å². The Morgan fingerprint density at radius 2 is 2.05 bits per heavy atom. The molecule has 1 aromatic rings. The number of nitrogens with zero attached hydrogens (tertiary/aromatic N) is 1. The molecule has 1 heterocycles. The van der Waals surface area contributed by atoms with Crippen molar-refractivity contribution in [2.24, 2.45) is 0 Å². The first kappa shape index (κ1) is 15.8. The monoisotopic (exact) mass is 302 g/mol. The fraction of sp³-hybridized carbons (Fsp3) is 0.438. The number of amides is 1. The second-order valence-corrected chi connectivity index (χ2v) is 5.78. The molecule has 1 amide bonds. The van der Waals surface area contributed by atoms with Crippen molar-refractivity contribution in [3.05, 3.63) is 29.3 Å². The van der Waals surface area contributed by atoms with Gasteiger partial charge in [0.1, 0.15) is 11.4 Å². The largest absolute Gasteiger partial charge is 0.484 e. The summed E-state index contributed by atoms with van der Waals surface area (Å²) in [6.45, 7) is 6.27. The normalized spacial score (nSPS) is 21.8. The fourth-order valence-corrected chi connectivity index (χ4v) is 2.62. The van der Waals surface area contributed by atoms with Crippen molar-refractivity contribution in [2.45, 2.75) is 45.4 Å². The number of nitrogens with one attached hydrogen (secondary N) is 1. The van der Waals surface area contributed by atoms with Crippen LogP contribution in [0.4, 0.5) is 0 Å². The second-order valence-electron chi connectivity index (χ2n) is 5.78. The molecule has 1 aliphatic rings. The lowest BCUT2D eigenvalue weighted by atomic mass is 9.85. The molecule has 1 N–H and O–H groups in total. The summed E-state index contributed by atoms with van der Waals surface area (Å²) in [5.41, 5.74) is 0.249. The van der Waals surface area contributed by atoms with Gasteiger partial charge in [-0.2, -0.15) is 5.26 Å². The number of rotatable bonds is 2. The van der Waals surface area contributed by atoms with Gasteiger partial charge in [-0.15, -0.1) is 0 Å². The standard InChI is InChI=1S/C16H18N2O4/c1-9(19)18-14-12-7-11(8-17)5-6-13(12)22-16(3,4)15(14)21-10(2)20/h5-7,14-15H,1-4H3,(H,18,19)/t14-,15+/m1/s1. The quantitative estimate of drug-likeness (QED) is 0.842. The summed E-state index contributed by atoms with van der Waals surface area (Å²) < 4.78 is 11.3. The highest BCUT2D eigenvalue weighted by atomic mass is 16.6. The SMILES string of the molecule is CC(=O)N[C@@H]1c2cc(C#N)ccc2OC(C)(C)[C@H]1OC(C)=O. The third-order valence-electron chi connectivity index (χ3n) is 3.49. The van der Waals surface area contributed by atoms with Crippen LogP contribution >= 0.6 is 0 Å². The van der Waals surface area contributed by atoms with Gasteiger partial charge in [0.25, 0.3) is 0 Å². The Morgan fingerprint density at radius 1 is 1.36 bits per heavy atom. The van der Waals surface area contributed by atoms with Crippen molar-refractivity contribution in [3.8, 4) is 11.8 Å². The van der Waals surface area contributed by atoms with E-state index in [4.69, 9.17) is 14.7 Å². The number of fused-ring (bicyclic) bond motifs is 1. The van der Waals surface area contributed by atoms with Gasteiger partial charge in [-0.25, -0.2) is 0 Å². The fourth-order valence-electron chi connectivity index (χ4n) is 2.62. The smallest absolute Gasteiger partial charge is 0.303 e. The average Bonchev–Trinajstić information content (AvgIpc) is 2.41. The molecule has 0 unspecified atom stereocenters. The molecule has 0 saturated heterocycles. The van der Waals surface area contributed by atoms with Crippen LogP contribution in [0.3, 0.4) is 0 Å². The third-order valence-corrected chi connectivity index (χ3v) is 3.49. The molecule has 2 atom stereocenters. The number of hydrogen-bond donors (Lipinski definition) is 1. The van der Waals surface area contributed by atoms with Crippen LogP contribution in [-0.2, 0) is 14.3 Å². The summed E-state index contributed by atoms with van der Waals surface area (Å²) in [5.74, 6) is -0.156. The van der Waals surface area contributed by atoms with Crippen LogP contribution in [0.25, 0.3) is 0 Å². The maximum absolute atomic E-state index is 11.6. The van der Waals surface area contributed by atoms with Crippen molar-refractivity contribution >= 4 is 11.9 Å². The molecule has 1 aromatic carbocycles. The van der Waals surface area contributed by atoms with Gasteiger partial charge in [-0.1, -0.05) is 0 Å². The molecule has 6 nitrogen and oxygen atoms in total. The van der Waals surface area contributed by atoms with Gasteiger partial charge in [-0.05, 0) is 32.0 Å². The molecular formula is C16H18N2O4. The van der Waals surface area contributed by atoms with E-state index in [1.807, 2.05) is 0 Å². The molecule has 2 rings (SSSR count). The lowest BCUT2D eigenvalue weighted by Gasteiger charge is -2.44. The van der Waals surface area contributed by atoms with Crippen molar-refractivity contribution in [3.63, 3.8) is 0 Å². The van der Waals surface area contributed by atoms with Gasteiger partial charge in [0.2, 0.25) is 5.91 Å². The third kappa shape index (κ3) is 3.03. The molecule has 0 aliphatic carbocycles. The van der Waals surface area contributed by atoms with Crippen molar-refractivity contribution in [2.75, 3.05) is 0 Å². The van der Waals surface area contributed by atoms with Gasteiger partial charge >= 0.3 is 5.97 Å². The number of hydrogen-bond acceptors (Lipinski definition) is 5. The average molecular weight is 302 g/mol. The van der Waals surface area contributed by atoms with Crippen LogP contribution in [-0.4, -0.2) is 23.6 Å². The molecule has 0 fully saturated rings. The van der Waals surface area contributed by atoms with Gasteiger partial charge in [-0.3, -0.25) is 9.59 Å². The Balaban J connectivity index is 2.55. The van der Waals surface area contributed by atoms with Crippen molar-refractivity contribution in [1.29, 1.82) is 5.26 Å². The summed E-state index contributed by atoms with van der Waals surface area (Å²) in [7, 11) is 0. The van der Waals surface area contributed by atoms with E-state index in [-0.39, 0.29) is 5.91 Å². The molecule has 0 radical (unpaired) electrons. The zero-order chi connectivity index (χ0) is 16.5. The van der Waals surface area contributed by atoms with Gasteiger partial charge in [0.15, 0.2) is 6.10 Å². The molecule has 0 bridgehead atoms. The highest BCUT2D eigenvalue weighted by molar-refractivity contribution is 5.74. The van der Waals surface area contributed by atoms with Crippen LogP contribution in [0.5, 0.6) is 5.75 Å². The lowest BCUT2D eigenvalue weighted by Crippen LogP contribution is -2.55. The summed E-state index contributed by atoms with van der Waals surface area (Å²) in [4.78, 5) is 23.0. The lowest BCUT2D eigenvalue weighted by molar-refractivity contribution is -0.164. The summed E-state index contributed by atoms with van der Waals surface area (Å²) in [6.07, 6.45) is -0.699. The maximum Gasteiger partial charge on any atom is 0.303 e. The molecular weight excluding hydrogens is 284 g/mol. The minimum absolute atomic E-state index is 0.256. The Bertz CT molecular complexity index is 661. The van der Waals surface area contributed by atoms with E-state index in [0.717, 1.165) is 0 Å². The first-order valence-corrected chi connectivity index (χ1v) is 6.92. The van der Waals surface area contributed by atoms with Crippen LogP contribution in [0, 0.1) is 11.3 Å². The Hall–Kier alpha value is -2.55. The second kappa shape index (κ2) is 5.68. The van der Waals surface area contributed by atoms with Crippen LogP contribution in [0.15, 0.2) is 18.2 Å². The summed E-state index contributed by atoms with van der Waals surface area (Å²) in [6, 6.07) is 6.45. The summed E-state index contributed by atoms with van der Waals surface area (Å²) in [5, 5.41) is 11.9. The van der Waals surface area contributed by atoms with E-state index in [2.05, 4.69) is 11.4 Å². The predicted octanol–water partition coefficient (Wildman–Crippen LogP) is 1.84. The number of esters is 1. The molecule has 0 aromatic heterocycles. The highest BCUT2D eigenvalue weighted by Crippen LogP contribution is 2.41. The van der Waals surface area contributed by atoms with Crippen molar-refractivity contribution in [1.82, 2.24) is 5.32 Å². The van der Waals surface area contributed by atoms with E-state index >= 15 is 0 Å². The number of carbonyl (C=O) groups excluding carboxylic acids is 2. The Kier molecular flexibility index (Phi) is 4.09. The molecule has 1 aliphatic heterocycles. The maximum atomic E-state index is 11.6. The highest BCUT2D eigenvalue weighted by Gasteiger charge is 2.46. The van der Waals surface area contributed by atoms with E-state index in [9.17, 15) is 9.59 Å². The topological polar surface area (TPSA) is 88.4 Å². The van der Waals surface area contributed by atoms with Gasteiger partial charge in [0.05, 0.1) is 17.7 Å². The van der Waals surface area contributed by atoms with E-state index in [0.29, 0.717) is 16.9 Å². The first-order chi connectivity index (χ1) is 10.2. The van der Waals surface area contributed by atoms with Gasteiger partial charge < -0.3 is 14.8 Å².